The number of rotatable bonds is 5. The number of primary amides is 1. The van der Waals surface area contributed by atoms with E-state index < -0.39 is 17.8 Å². The highest BCUT2D eigenvalue weighted by atomic mass is 19.4. The van der Waals surface area contributed by atoms with Crippen LogP contribution in [-0.4, -0.2) is 31.8 Å². The fourth-order valence-electron chi connectivity index (χ4n) is 1.71. The van der Waals surface area contributed by atoms with E-state index in [4.69, 9.17) is 10.5 Å². The van der Waals surface area contributed by atoms with Crippen molar-refractivity contribution >= 4 is 12.1 Å². The summed E-state index contributed by atoms with van der Waals surface area (Å²) < 4.78 is 45.4. The van der Waals surface area contributed by atoms with Gasteiger partial charge in [0.25, 0.3) is 0 Å². The van der Waals surface area contributed by atoms with Crippen molar-refractivity contribution in [1.82, 2.24) is 19.7 Å². The Bertz CT molecular complexity index is 768. The van der Waals surface area contributed by atoms with Gasteiger partial charge in [0.15, 0.2) is 5.82 Å². The van der Waals surface area contributed by atoms with Gasteiger partial charge in [-0.3, -0.25) is 4.79 Å². The molecule has 10 heteroatoms. The summed E-state index contributed by atoms with van der Waals surface area (Å²) in [5.41, 5.74) is 3.93. The number of hydrogen-bond donors (Lipinski definition) is 1. The largest absolute Gasteiger partial charge is 0.475 e. The highest BCUT2D eigenvalue weighted by Gasteiger charge is 2.34. The number of carbonyl (C=O) groups is 1. The third-order valence-electron chi connectivity index (χ3n) is 2.61. The van der Waals surface area contributed by atoms with Gasteiger partial charge in [-0.1, -0.05) is 0 Å². The van der Waals surface area contributed by atoms with Crippen LogP contribution in [-0.2, 0) is 11.0 Å². The van der Waals surface area contributed by atoms with Crippen molar-refractivity contribution in [2.45, 2.75) is 26.1 Å². The Morgan fingerprint density at radius 2 is 2.08 bits per heavy atom. The Balaban J connectivity index is 2.43. The molecule has 0 atom stereocenters. The molecule has 0 aliphatic carbocycles. The molecular formula is C14H14F3N5O2. The Hall–Kier alpha value is -2.91. The van der Waals surface area contributed by atoms with Crippen molar-refractivity contribution in [3.63, 3.8) is 0 Å². The molecule has 2 aromatic rings. The molecule has 2 heterocycles. The molecule has 0 bridgehead atoms. The predicted molar refractivity (Wildman–Crippen MR) is 78.5 cm³/mol. The maximum Gasteiger partial charge on any atom is 0.433 e. The van der Waals surface area contributed by atoms with Crippen LogP contribution in [0, 0.1) is 0 Å². The molecule has 0 unspecified atom stereocenters. The normalized spacial score (nSPS) is 12.1. The van der Waals surface area contributed by atoms with Crippen LogP contribution < -0.4 is 10.5 Å². The minimum atomic E-state index is -4.64. The number of hydrogen-bond acceptors (Lipinski definition) is 5. The van der Waals surface area contributed by atoms with Crippen LogP contribution in [0.3, 0.4) is 0 Å². The minimum Gasteiger partial charge on any atom is -0.475 e. The molecule has 0 saturated carbocycles. The first-order valence-corrected chi connectivity index (χ1v) is 6.80. The second kappa shape index (κ2) is 6.69. The summed E-state index contributed by atoms with van der Waals surface area (Å²) >= 11 is 0. The first-order valence-electron chi connectivity index (χ1n) is 6.80. The van der Waals surface area contributed by atoms with E-state index in [2.05, 4.69) is 15.1 Å². The smallest absolute Gasteiger partial charge is 0.433 e. The van der Waals surface area contributed by atoms with E-state index >= 15 is 0 Å². The molecule has 0 aliphatic rings. The van der Waals surface area contributed by atoms with Gasteiger partial charge in [0.05, 0.1) is 6.10 Å². The zero-order valence-corrected chi connectivity index (χ0v) is 12.8. The average Bonchev–Trinajstić information content (AvgIpc) is 2.92. The number of halogens is 3. The number of nitrogens with two attached hydrogens (primary N) is 1. The molecule has 0 spiro atoms. The summed E-state index contributed by atoms with van der Waals surface area (Å²) in [5, 5.41) is 3.96. The van der Waals surface area contributed by atoms with E-state index in [1.807, 2.05) is 0 Å². The van der Waals surface area contributed by atoms with E-state index in [0.717, 1.165) is 16.8 Å². The third kappa shape index (κ3) is 4.54. The van der Waals surface area contributed by atoms with Crippen LogP contribution in [0.4, 0.5) is 13.2 Å². The second-order valence-corrected chi connectivity index (χ2v) is 5.01. The summed E-state index contributed by atoms with van der Waals surface area (Å²) in [4.78, 5) is 18.0. The van der Waals surface area contributed by atoms with Crippen LogP contribution >= 0.6 is 0 Å². The van der Waals surface area contributed by atoms with Gasteiger partial charge in [0, 0.05) is 23.9 Å². The summed E-state index contributed by atoms with van der Waals surface area (Å²) in [6.07, 6.45) is -1.49. The van der Waals surface area contributed by atoms with Gasteiger partial charge < -0.3 is 10.5 Å². The molecule has 0 fully saturated rings. The number of nitrogens with zero attached hydrogens (tertiary/aromatic N) is 4. The van der Waals surface area contributed by atoms with Gasteiger partial charge >= 0.3 is 6.18 Å². The fraction of sp³-hybridized carbons (Fsp3) is 0.286. The standard InChI is InChI=1S/C14H14F3N5O2/c1-8(2)24-12-6-9(5-10(20-12)14(15,16)17)13-19-7-22(21-13)4-3-11(18)23/h3-8H,1-2H3,(H2,18,23). The zero-order chi connectivity index (χ0) is 17.9. The van der Waals surface area contributed by atoms with Crippen LogP contribution in [0.15, 0.2) is 24.5 Å². The van der Waals surface area contributed by atoms with Gasteiger partial charge in [0.1, 0.15) is 12.0 Å². The number of ether oxygens (including phenoxy) is 1. The number of alkyl halides is 3. The maximum absolute atomic E-state index is 13.0. The lowest BCUT2D eigenvalue weighted by atomic mass is 10.2. The van der Waals surface area contributed by atoms with Crippen molar-refractivity contribution < 1.29 is 22.7 Å². The van der Waals surface area contributed by atoms with Crippen LogP contribution in [0.2, 0.25) is 0 Å². The number of pyridine rings is 1. The van der Waals surface area contributed by atoms with Crippen molar-refractivity contribution in [3.05, 3.63) is 30.2 Å². The Morgan fingerprint density at radius 3 is 2.67 bits per heavy atom. The first kappa shape index (κ1) is 17.4. The molecule has 0 aromatic carbocycles. The number of amides is 1. The number of aromatic nitrogens is 4. The predicted octanol–water partition coefficient (Wildman–Crippen LogP) is 2.10. The van der Waals surface area contributed by atoms with Crippen LogP contribution in [0.25, 0.3) is 17.6 Å². The van der Waals surface area contributed by atoms with Crippen molar-refractivity contribution in [2.75, 3.05) is 0 Å². The van der Waals surface area contributed by atoms with E-state index in [-0.39, 0.29) is 23.4 Å². The van der Waals surface area contributed by atoms with E-state index in [1.54, 1.807) is 13.8 Å². The Morgan fingerprint density at radius 1 is 1.38 bits per heavy atom. The lowest BCUT2D eigenvalue weighted by Gasteiger charge is -2.12. The topological polar surface area (TPSA) is 95.9 Å². The molecule has 2 aromatic heterocycles. The molecule has 2 rings (SSSR count). The number of carbonyl (C=O) groups excluding carboxylic acids is 1. The van der Waals surface area contributed by atoms with Crippen molar-refractivity contribution in [1.29, 1.82) is 0 Å². The monoisotopic (exact) mass is 341 g/mol. The second-order valence-electron chi connectivity index (χ2n) is 5.01. The van der Waals surface area contributed by atoms with Crippen LogP contribution in [0.1, 0.15) is 19.5 Å². The van der Waals surface area contributed by atoms with Crippen molar-refractivity contribution in [3.8, 4) is 17.3 Å². The highest BCUT2D eigenvalue weighted by molar-refractivity contribution is 5.88. The molecule has 1 amide bonds. The third-order valence-corrected chi connectivity index (χ3v) is 2.61. The summed E-state index contributed by atoms with van der Waals surface area (Å²) in [7, 11) is 0. The Labute approximate surface area is 135 Å². The van der Waals surface area contributed by atoms with E-state index in [9.17, 15) is 18.0 Å². The van der Waals surface area contributed by atoms with Gasteiger partial charge in [-0.15, -0.1) is 5.10 Å². The molecule has 0 radical (unpaired) electrons. The maximum atomic E-state index is 13.0. The quantitative estimate of drug-likeness (QED) is 0.840. The molecule has 128 valence electrons. The van der Waals surface area contributed by atoms with Gasteiger partial charge in [0.2, 0.25) is 11.8 Å². The molecule has 7 nitrogen and oxygen atoms in total. The highest BCUT2D eigenvalue weighted by Crippen LogP contribution is 2.32. The summed E-state index contributed by atoms with van der Waals surface area (Å²) in [6, 6.07) is 2.14. The molecule has 0 aliphatic heterocycles. The first-order chi connectivity index (χ1) is 11.1. The molecule has 2 N–H and O–H groups in total. The lowest BCUT2D eigenvalue weighted by molar-refractivity contribution is -0.141. The molecule has 0 saturated heterocycles. The zero-order valence-electron chi connectivity index (χ0n) is 12.8. The van der Waals surface area contributed by atoms with Crippen molar-refractivity contribution in [2.24, 2.45) is 5.73 Å². The fourth-order valence-corrected chi connectivity index (χ4v) is 1.71. The summed E-state index contributed by atoms with van der Waals surface area (Å²) in [6.45, 7) is 3.34. The SMILES string of the molecule is CC(C)Oc1cc(-c2ncn(C=CC(N)=O)n2)cc(C(F)(F)F)n1. The Kier molecular flexibility index (Phi) is 4.86. The summed E-state index contributed by atoms with van der Waals surface area (Å²) in [5.74, 6) is -0.854. The molecule has 24 heavy (non-hydrogen) atoms. The van der Waals surface area contributed by atoms with E-state index in [0.29, 0.717) is 0 Å². The average molecular weight is 341 g/mol. The minimum absolute atomic E-state index is 0.0191. The van der Waals surface area contributed by atoms with Gasteiger partial charge in [-0.2, -0.15) is 13.2 Å². The van der Waals surface area contributed by atoms with Gasteiger partial charge in [-0.25, -0.2) is 14.6 Å². The van der Waals surface area contributed by atoms with Crippen LogP contribution in [0.5, 0.6) is 5.88 Å². The lowest BCUT2D eigenvalue weighted by Crippen LogP contribution is -2.12. The molecular weight excluding hydrogens is 327 g/mol. The van der Waals surface area contributed by atoms with E-state index in [1.165, 1.54) is 18.6 Å². The van der Waals surface area contributed by atoms with Gasteiger partial charge in [-0.05, 0) is 19.9 Å².